The molecule has 0 unspecified atom stereocenters. The summed E-state index contributed by atoms with van der Waals surface area (Å²) in [5.41, 5.74) is 3.93. The number of rotatable bonds is 7. The van der Waals surface area contributed by atoms with Gasteiger partial charge < -0.3 is 10.1 Å². The van der Waals surface area contributed by atoms with Gasteiger partial charge in [-0.15, -0.1) is 0 Å². The number of carbonyl (C=O) groups is 2. The first-order valence-corrected chi connectivity index (χ1v) is 8.90. The summed E-state index contributed by atoms with van der Waals surface area (Å²) in [6, 6.07) is 14.6. The molecule has 0 heterocycles. The summed E-state index contributed by atoms with van der Waals surface area (Å²) in [7, 11) is 0. The van der Waals surface area contributed by atoms with Crippen LogP contribution in [0, 0.1) is 5.92 Å². The average Bonchev–Trinajstić information content (AvgIpc) is 2.65. The van der Waals surface area contributed by atoms with Crippen molar-refractivity contribution in [3.63, 3.8) is 0 Å². The third kappa shape index (κ3) is 7.50. The van der Waals surface area contributed by atoms with Crippen molar-refractivity contribution in [3.05, 3.63) is 64.7 Å². The largest absolute Gasteiger partial charge is 0.489 e. The summed E-state index contributed by atoms with van der Waals surface area (Å²) in [6.07, 6.45) is 1.45. The Morgan fingerprint density at radius 2 is 1.89 bits per heavy atom. The summed E-state index contributed by atoms with van der Waals surface area (Å²) < 4.78 is 5.70. The van der Waals surface area contributed by atoms with Gasteiger partial charge in [-0.3, -0.25) is 9.59 Å². The molecule has 0 aliphatic rings. The molecule has 0 aliphatic heterocycles. The molecule has 0 aromatic heterocycles. The van der Waals surface area contributed by atoms with Crippen LogP contribution in [-0.2, 0) is 16.2 Å². The summed E-state index contributed by atoms with van der Waals surface area (Å²) in [5.74, 6) is -0.534. The molecule has 2 N–H and O–H groups in total. The third-order valence-electron chi connectivity index (χ3n) is 3.43. The quantitative estimate of drug-likeness (QED) is 0.435. The second kappa shape index (κ2) is 10.3. The number of nitrogens with zero attached hydrogens (tertiary/aromatic N) is 1. The summed E-state index contributed by atoms with van der Waals surface area (Å²) in [5, 5.41) is 6.97. The molecule has 6 nitrogen and oxygen atoms in total. The number of nitrogens with one attached hydrogen (secondary N) is 2. The van der Waals surface area contributed by atoms with Crippen LogP contribution in [0.1, 0.15) is 25.0 Å². The first kappa shape index (κ1) is 20.5. The molecule has 0 bridgehead atoms. The van der Waals surface area contributed by atoms with Crippen LogP contribution >= 0.6 is 11.6 Å². The fourth-order valence-electron chi connectivity index (χ4n) is 2.04. The minimum atomic E-state index is -0.798. The Labute approximate surface area is 163 Å². The highest BCUT2D eigenvalue weighted by molar-refractivity contribution is 6.35. The maximum atomic E-state index is 11.6. The van der Waals surface area contributed by atoms with Crippen LogP contribution in [0.4, 0.5) is 0 Å². The average molecular weight is 388 g/mol. The maximum absolute atomic E-state index is 11.6. The Morgan fingerprint density at radius 3 is 2.56 bits per heavy atom. The third-order valence-corrected chi connectivity index (χ3v) is 3.67. The van der Waals surface area contributed by atoms with Crippen molar-refractivity contribution in [2.75, 3.05) is 6.54 Å². The summed E-state index contributed by atoms with van der Waals surface area (Å²) in [6.45, 7) is 4.74. The van der Waals surface area contributed by atoms with Gasteiger partial charge in [-0.1, -0.05) is 37.6 Å². The van der Waals surface area contributed by atoms with E-state index >= 15 is 0 Å². The van der Waals surface area contributed by atoms with Gasteiger partial charge >= 0.3 is 11.8 Å². The number of hydrogen-bond acceptors (Lipinski definition) is 4. The Balaban J connectivity index is 1.80. The van der Waals surface area contributed by atoms with Gasteiger partial charge in [0.15, 0.2) is 0 Å². The molecular formula is C20H22ClN3O3. The maximum Gasteiger partial charge on any atom is 0.329 e. The Bertz CT molecular complexity index is 804. The van der Waals surface area contributed by atoms with Crippen LogP contribution in [-0.4, -0.2) is 24.6 Å². The van der Waals surface area contributed by atoms with Gasteiger partial charge in [-0.25, -0.2) is 5.43 Å². The molecule has 0 saturated carbocycles. The molecule has 2 aromatic carbocycles. The number of amides is 2. The fraction of sp³-hybridized carbons (Fsp3) is 0.250. The van der Waals surface area contributed by atoms with Crippen molar-refractivity contribution < 1.29 is 14.3 Å². The van der Waals surface area contributed by atoms with Crippen molar-refractivity contribution in [3.8, 4) is 5.75 Å². The normalized spacial score (nSPS) is 10.8. The number of halogens is 1. The fourth-order valence-corrected chi connectivity index (χ4v) is 2.25. The number of carbonyl (C=O) groups excluding carboxylic acids is 2. The van der Waals surface area contributed by atoms with Crippen LogP contribution in [0.3, 0.4) is 0 Å². The van der Waals surface area contributed by atoms with E-state index in [0.717, 1.165) is 11.1 Å². The molecular weight excluding hydrogens is 366 g/mol. The minimum Gasteiger partial charge on any atom is -0.489 e. The molecule has 0 fully saturated rings. The number of hydrazone groups is 1. The van der Waals surface area contributed by atoms with E-state index in [1.165, 1.54) is 6.21 Å². The zero-order valence-corrected chi connectivity index (χ0v) is 16.0. The highest BCUT2D eigenvalue weighted by Crippen LogP contribution is 2.15. The SMILES string of the molecule is CC(C)CNC(=O)C(=O)N/N=C\c1ccc(OCc2cccc(Cl)c2)cc1. The van der Waals surface area contributed by atoms with Gasteiger partial charge in [0.25, 0.3) is 0 Å². The molecule has 0 spiro atoms. The second-order valence-corrected chi connectivity index (χ2v) is 6.73. The first-order chi connectivity index (χ1) is 12.9. The lowest BCUT2D eigenvalue weighted by molar-refractivity contribution is -0.139. The Kier molecular flexibility index (Phi) is 7.82. The predicted molar refractivity (Wildman–Crippen MR) is 106 cm³/mol. The zero-order chi connectivity index (χ0) is 19.6. The highest BCUT2D eigenvalue weighted by Gasteiger charge is 2.11. The molecule has 0 radical (unpaired) electrons. The van der Waals surface area contributed by atoms with E-state index in [1.807, 2.05) is 38.1 Å². The van der Waals surface area contributed by atoms with Crippen LogP contribution in [0.15, 0.2) is 53.6 Å². The zero-order valence-electron chi connectivity index (χ0n) is 15.2. The lowest BCUT2D eigenvalue weighted by Gasteiger charge is -2.07. The molecule has 142 valence electrons. The van der Waals surface area contributed by atoms with Crippen molar-refractivity contribution >= 4 is 29.6 Å². The van der Waals surface area contributed by atoms with Crippen molar-refractivity contribution in [2.45, 2.75) is 20.5 Å². The van der Waals surface area contributed by atoms with Gasteiger partial charge in [0.2, 0.25) is 0 Å². The highest BCUT2D eigenvalue weighted by atomic mass is 35.5. The molecule has 2 rings (SSSR count). The van der Waals surface area contributed by atoms with E-state index in [9.17, 15) is 9.59 Å². The molecule has 27 heavy (non-hydrogen) atoms. The number of ether oxygens (including phenoxy) is 1. The topological polar surface area (TPSA) is 79.8 Å². The lowest BCUT2D eigenvalue weighted by atomic mass is 10.2. The van der Waals surface area contributed by atoms with Crippen LogP contribution < -0.4 is 15.5 Å². The first-order valence-electron chi connectivity index (χ1n) is 8.52. The molecule has 2 amide bonds. The van der Waals surface area contributed by atoms with Crippen molar-refractivity contribution in [1.29, 1.82) is 0 Å². The predicted octanol–water partition coefficient (Wildman–Crippen LogP) is 3.14. The van der Waals surface area contributed by atoms with Crippen LogP contribution in [0.5, 0.6) is 5.75 Å². The Hall–Kier alpha value is -2.86. The smallest absolute Gasteiger partial charge is 0.329 e. The van der Waals surface area contributed by atoms with E-state index < -0.39 is 11.8 Å². The van der Waals surface area contributed by atoms with Gasteiger partial charge in [0, 0.05) is 11.6 Å². The summed E-state index contributed by atoms with van der Waals surface area (Å²) in [4.78, 5) is 23.1. The van der Waals surface area contributed by atoms with Gasteiger partial charge in [0.05, 0.1) is 6.21 Å². The van der Waals surface area contributed by atoms with E-state index in [2.05, 4.69) is 15.8 Å². The van der Waals surface area contributed by atoms with Crippen molar-refractivity contribution in [1.82, 2.24) is 10.7 Å². The molecule has 0 atom stereocenters. The van der Waals surface area contributed by atoms with E-state index in [4.69, 9.17) is 16.3 Å². The van der Waals surface area contributed by atoms with Gasteiger partial charge in [0.1, 0.15) is 12.4 Å². The lowest BCUT2D eigenvalue weighted by Crippen LogP contribution is -2.39. The monoisotopic (exact) mass is 387 g/mol. The van der Waals surface area contributed by atoms with E-state index in [1.54, 1.807) is 24.3 Å². The van der Waals surface area contributed by atoms with E-state index in [-0.39, 0.29) is 5.92 Å². The molecule has 2 aromatic rings. The van der Waals surface area contributed by atoms with Gasteiger partial charge in [-0.2, -0.15) is 5.10 Å². The van der Waals surface area contributed by atoms with Crippen LogP contribution in [0.25, 0.3) is 0 Å². The van der Waals surface area contributed by atoms with Gasteiger partial charge in [-0.05, 0) is 53.4 Å². The van der Waals surface area contributed by atoms with Crippen molar-refractivity contribution in [2.24, 2.45) is 11.0 Å². The standard InChI is InChI=1S/C20H22ClN3O3/c1-14(2)11-22-19(25)20(26)24-23-12-15-6-8-18(9-7-15)27-13-16-4-3-5-17(21)10-16/h3-10,12,14H,11,13H2,1-2H3,(H,22,25)(H,24,26)/b23-12-. The minimum absolute atomic E-state index is 0.268. The summed E-state index contributed by atoms with van der Waals surface area (Å²) >= 11 is 5.94. The van der Waals surface area contributed by atoms with E-state index in [0.29, 0.717) is 23.9 Å². The molecule has 7 heteroatoms. The molecule has 0 aliphatic carbocycles. The second-order valence-electron chi connectivity index (χ2n) is 6.29. The van der Waals surface area contributed by atoms with Crippen LogP contribution in [0.2, 0.25) is 5.02 Å². The molecule has 0 saturated heterocycles. The Morgan fingerprint density at radius 1 is 1.15 bits per heavy atom. The number of hydrogen-bond donors (Lipinski definition) is 2. The number of benzene rings is 2.